The Kier molecular flexibility index (Phi) is 5.06. The van der Waals surface area contributed by atoms with Crippen LogP contribution in [0.2, 0.25) is 0 Å². The Labute approximate surface area is 129 Å². The van der Waals surface area contributed by atoms with Gasteiger partial charge in [-0.25, -0.2) is 4.98 Å². The van der Waals surface area contributed by atoms with E-state index in [-0.39, 0.29) is 0 Å². The van der Waals surface area contributed by atoms with Gasteiger partial charge in [0, 0.05) is 6.42 Å². The van der Waals surface area contributed by atoms with Crippen molar-refractivity contribution in [2.75, 3.05) is 26.3 Å². The molecular formula is C16H22N2O2S. The molecule has 1 aliphatic rings. The Bertz CT molecular complexity index is 579. The summed E-state index contributed by atoms with van der Waals surface area (Å²) >= 11 is 1.74. The molecule has 1 saturated heterocycles. The number of nitrogens with one attached hydrogen (secondary N) is 1. The smallest absolute Gasteiger partial charge is 0.120 e. The standard InChI is InChI=1S/C16H22N2O2S/c1-2-19-13-3-4-14-15(11-13)21-16(18-14)7-10-20-12-5-8-17-9-6-12/h3-4,11-12,17H,2,5-10H2,1H3. The SMILES string of the molecule is CCOc1ccc2nc(CCOC3CCNCC3)sc2c1. The number of nitrogens with zero attached hydrogens (tertiary/aromatic N) is 1. The van der Waals surface area contributed by atoms with Gasteiger partial charge >= 0.3 is 0 Å². The zero-order valence-electron chi connectivity index (χ0n) is 12.4. The van der Waals surface area contributed by atoms with Crippen molar-refractivity contribution in [3.8, 4) is 5.75 Å². The van der Waals surface area contributed by atoms with Crippen LogP contribution < -0.4 is 10.1 Å². The normalized spacial score (nSPS) is 16.4. The molecule has 0 bridgehead atoms. The lowest BCUT2D eigenvalue weighted by Crippen LogP contribution is -2.32. The molecule has 3 rings (SSSR count). The van der Waals surface area contributed by atoms with Gasteiger partial charge in [-0.3, -0.25) is 0 Å². The number of rotatable bonds is 6. The second kappa shape index (κ2) is 7.20. The zero-order chi connectivity index (χ0) is 14.5. The van der Waals surface area contributed by atoms with E-state index < -0.39 is 0 Å². The molecule has 1 aromatic heterocycles. The van der Waals surface area contributed by atoms with Crippen molar-refractivity contribution >= 4 is 21.6 Å². The van der Waals surface area contributed by atoms with Gasteiger partial charge in [0.05, 0.1) is 34.5 Å². The van der Waals surface area contributed by atoms with E-state index in [9.17, 15) is 0 Å². The molecule has 0 saturated carbocycles. The van der Waals surface area contributed by atoms with Crippen LogP contribution in [0.25, 0.3) is 10.2 Å². The van der Waals surface area contributed by atoms with Crippen molar-refractivity contribution in [1.29, 1.82) is 0 Å². The lowest BCUT2D eigenvalue weighted by atomic mass is 10.1. The molecule has 114 valence electrons. The lowest BCUT2D eigenvalue weighted by molar-refractivity contribution is 0.0349. The maximum absolute atomic E-state index is 5.95. The predicted molar refractivity (Wildman–Crippen MR) is 86.3 cm³/mol. The van der Waals surface area contributed by atoms with Crippen LogP contribution in [0.4, 0.5) is 0 Å². The van der Waals surface area contributed by atoms with Crippen LogP contribution in [-0.2, 0) is 11.2 Å². The molecule has 1 fully saturated rings. The Hall–Kier alpha value is -1.17. The highest BCUT2D eigenvalue weighted by atomic mass is 32.1. The minimum absolute atomic E-state index is 0.421. The first-order valence-corrected chi connectivity index (χ1v) is 8.51. The molecule has 0 amide bonds. The molecule has 0 radical (unpaired) electrons. The Morgan fingerprint density at radius 3 is 3.00 bits per heavy atom. The summed E-state index contributed by atoms with van der Waals surface area (Å²) in [6.07, 6.45) is 3.56. The second-order valence-corrected chi connectivity index (χ2v) is 6.36. The fraction of sp³-hybridized carbons (Fsp3) is 0.562. The monoisotopic (exact) mass is 306 g/mol. The average Bonchev–Trinajstić information content (AvgIpc) is 2.91. The highest BCUT2D eigenvalue weighted by molar-refractivity contribution is 7.18. The predicted octanol–water partition coefficient (Wildman–Crippen LogP) is 3.01. The van der Waals surface area contributed by atoms with Crippen LogP contribution in [0, 0.1) is 0 Å². The number of hydrogen-bond acceptors (Lipinski definition) is 5. The van der Waals surface area contributed by atoms with Gasteiger partial charge in [-0.1, -0.05) is 0 Å². The molecule has 1 N–H and O–H groups in total. The summed E-state index contributed by atoms with van der Waals surface area (Å²) in [6.45, 7) is 5.61. The first-order valence-electron chi connectivity index (χ1n) is 7.69. The van der Waals surface area contributed by atoms with Crippen molar-refractivity contribution < 1.29 is 9.47 Å². The van der Waals surface area contributed by atoms with Crippen molar-refractivity contribution in [3.63, 3.8) is 0 Å². The molecule has 2 heterocycles. The maximum Gasteiger partial charge on any atom is 0.120 e. The van der Waals surface area contributed by atoms with E-state index in [0.29, 0.717) is 12.7 Å². The molecule has 5 heteroatoms. The van der Waals surface area contributed by atoms with E-state index in [1.807, 2.05) is 19.1 Å². The molecule has 0 spiro atoms. The summed E-state index contributed by atoms with van der Waals surface area (Å²) in [5.41, 5.74) is 1.06. The van der Waals surface area contributed by atoms with Crippen LogP contribution in [0.15, 0.2) is 18.2 Å². The first-order chi connectivity index (χ1) is 10.3. The third-order valence-electron chi connectivity index (χ3n) is 3.67. The molecule has 4 nitrogen and oxygen atoms in total. The van der Waals surface area contributed by atoms with E-state index in [1.165, 1.54) is 4.70 Å². The van der Waals surface area contributed by atoms with Crippen LogP contribution in [0.5, 0.6) is 5.75 Å². The Balaban J connectivity index is 1.56. The van der Waals surface area contributed by atoms with E-state index >= 15 is 0 Å². The molecule has 0 atom stereocenters. The lowest BCUT2D eigenvalue weighted by Gasteiger charge is -2.22. The summed E-state index contributed by atoms with van der Waals surface area (Å²) in [4.78, 5) is 4.67. The van der Waals surface area contributed by atoms with Gasteiger partial charge in [-0.15, -0.1) is 11.3 Å². The van der Waals surface area contributed by atoms with Gasteiger partial charge in [0.15, 0.2) is 0 Å². The van der Waals surface area contributed by atoms with Crippen LogP contribution in [0.3, 0.4) is 0 Å². The minimum Gasteiger partial charge on any atom is -0.494 e. The largest absolute Gasteiger partial charge is 0.494 e. The summed E-state index contributed by atoms with van der Waals surface area (Å²) in [5.74, 6) is 0.922. The fourth-order valence-corrected chi connectivity index (χ4v) is 3.57. The average molecular weight is 306 g/mol. The third kappa shape index (κ3) is 3.93. The molecule has 21 heavy (non-hydrogen) atoms. The van der Waals surface area contributed by atoms with Crippen molar-refractivity contribution in [2.24, 2.45) is 0 Å². The van der Waals surface area contributed by atoms with E-state index in [2.05, 4.69) is 16.4 Å². The van der Waals surface area contributed by atoms with E-state index in [1.54, 1.807) is 11.3 Å². The van der Waals surface area contributed by atoms with Crippen LogP contribution >= 0.6 is 11.3 Å². The number of benzene rings is 1. The number of hydrogen-bond donors (Lipinski definition) is 1. The zero-order valence-corrected chi connectivity index (χ0v) is 13.2. The molecule has 2 aromatic rings. The number of aromatic nitrogens is 1. The van der Waals surface area contributed by atoms with Gasteiger partial charge in [0.1, 0.15) is 5.75 Å². The number of fused-ring (bicyclic) bond motifs is 1. The minimum atomic E-state index is 0.421. The van der Waals surface area contributed by atoms with Crippen molar-refractivity contribution in [1.82, 2.24) is 10.3 Å². The van der Waals surface area contributed by atoms with Gasteiger partial charge in [-0.05, 0) is 51.1 Å². The summed E-state index contributed by atoms with van der Waals surface area (Å²) in [5, 5.41) is 4.50. The van der Waals surface area contributed by atoms with Gasteiger partial charge in [0.25, 0.3) is 0 Å². The molecule has 0 unspecified atom stereocenters. The van der Waals surface area contributed by atoms with Crippen LogP contribution in [-0.4, -0.2) is 37.4 Å². The summed E-state index contributed by atoms with van der Waals surface area (Å²) in [6, 6.07) is 6.10. The highest BCUT2D eigenvalue weighted by Crippen LogP contribution is 2.26. The summed E-state index contributed by atoms with van der Waals surface area (Å²) < 4.78 is 12.7. The molecule has 1 aliphatic heterocycles. The molecule has 0 aliphatic carbocycles. The van der Waals surface area contributed by atoms with Gasteiger partial charge < -0.3 is 14.8 Å². The third-order valence-corrected chi connectivity index (χ3v) is 4.75. The first kappa shape index (κ1) is 14.8. The molecule has 1 aromatic carbocycles. The number of piperidine rings is 1. The van der Waals surface area contributed by atoms with Crippen molar-refractivity contribution in [2.45, 2.75) is 32.3 Å². The van der Waals surface area contributed by atoms with E-state index in [0.717, 1.165) is 55.2 Å². The quantitative estimate of drug-likeness (QED) is 0.891. The summed E-state index contributed by atoms with van der Waals surface area (Å²) in [7, 11) is 0. The van der Waals surface area contributed by atoms with Gasteiger partial charge in [-0.2, -0.15) is 0 Å². The fourth-order valence-electron chi connectivity index (χ4n) is 2.59. The van der Waals surface area contributed by atoms with Crippen LogP contribution in [0.1, 0.15) is 24.8 Å². The topological polar surface area (TPSA) is 43.4 Å². The second-order valence-electron chi connectivity index (χ2n) is 5.24. The highest BCUT2D eigenvalue weighted by Gasteiger charge is 2.13. The number of thiazole rings is 1. The van der Waals surface area contributed by atoms with Crippen molar-refractivity contribution in [3.05, 3.63) is 23.2 Å². The Morgan fingerprint density at radius 1 is 1.33 bits per heavy atom. The van der Waals surface area contributed by atoms with Gasteiger partial charge in [0.2, 0.25) is 0 Å². The maximum atomic E-state index is 5.95. The van der Waals surface area contributed by atoms with E-state index in [4.69, 9.17) is 9.47 Å². The Morgan fingerprint density at radius 2 is 2.19 bits per heavy atom. The molecular weight excluding hydrogens is 284 g/mol. The number of ether oxygens (including phenoxy) is 2.